The molecular formula is C10H10N2O. The van der Waals surface area contributed by atoms with Crippen LogP contribution in [0.25, 0.3) is 10.8 Å². The Morgan fingerprint density at radius 1 is 1.00 bits per heavy atom. The minimum absolute atomic E-state index is 0.265. The lowest BCUT2D eigenvalue weighted by Crippen LogP contribution is -2.05. The van der Waals surface area contributed by atoms with Gasteiger partial charge in [-0.2, -0.15) is 0 Å². The molecule has 0 spiro atoms. The number of hydrogen-bond acceptors (Lipinski definition) is 3. The Kier molecular flexibility index (Phi) is 1.79. The van der Waals surface area contributed by atoms with E-state index in [1.807, 2.05) is 24.3 Å². The van der Waals surface area contributed by atoms with Gasteiger partial charge in [0.15, 0.2) is 0 Å². The summed E-state index contributed by atoms with van der Waals surface area (Å²) in [6.07, 6.45) is 0. The molecule has 2 aromatic rings. The van der Waals surface area contributed by atoms with Crippen molar-refractivity contribution < 1.29 is 5.11 Å². The third kappa shape index (κ3) is 1.41. The maximum absolute atomic E-state index is 9.24. The lowest BCUT2D eigenvalue weighted by Gasteiger charge is -2.02. The fourth-order valence-electron chi connectivity index (χ4n) is 1.32. The van der Waals surface area contributed by atoms with Gasteiger partial charge < -0.3 is 10.5 Å². The average Bonchev–Trinajstić information content (AvgIpc) is 2.16. The van der Waals surface area contributed by atoms with Crippen molar-refractivity contribution in [1.29, 1.82) is 0 Å². The molecule has 0 amide bonds. The van der Waals surface area contributed by atoms with Gasteiger partial charge in [-0.3, -0.25) is 5.84 Å². The van der Waals surface area contributed by atoms with Gasteiger partial charge in [-0.05, 0) is 35.0 Å². The van der Waals surface area contributed by atoms with Gasteiger partial charge in [-0.25, -0.2) is 0 Å². The number of anilines is 1. The number of aromatic hydroxyl groups is 1. The SMILES string of the molecule is NNc1ccc2ccc(O)cc2c1. The molecule has 0 aliphatic carbocycles. The fourth-order valence-corrected chi connectivity index (χ4v) is 1.32. The van der Waals surface area contributed by atoms with Crippen LogP contribution in [-0.2, 0) is 0 Å². The Bertz CT molecular complexity index is 440. The van der Waals surface area contributed by atoms with E-state index in [9.17, 15) is 5.11 Å². The summed E-state index contributed by atoms with van der Waals surface area (Å²) >= 11 is 0. The summed E-state index contributed by atoms with van der Waals surface area (Å²) in [5.41, 5.74) is 3.39. The smallest absolute Gasteiger partial charge is 0.116 e. The number of phenolic OH excluding ortho intramolecular Hbond substituents is 1. The van der Waals surface area contributed by atoms with Gasteiger partial charge in [0.1, 0.15) is 5.75 Å². The number of nitrogens with one attached hydrogen (secondary N) is 1. The molecule has 0 unspecified atom stereocenters. The van der Waals surface area contributed by atoms with Crippen LogP contribution >= 0.6 is 0 Å². The molecule has 3 nitrogen and oxygen atoms in total. The van der Waals surface area contributed by atoms with Crippen LogP contribution in [0.5, 0.6) is 5.75 Å². The molecular weight excluding hydrogens is 164 g/mol. The molecule has 0 saturated heterocycles. The number of phenols is 1. The molecule has 0 fully saturated rings. The Balaban J connectivity index is 2.68. The van der Waals surface area contributed by atoms with E-state index in [1.54, 1.807) is 12.1 Å². The molecule has 4 N–H and O–H groups in total. The number of fused-ring (bicyclic) bond motifs is 1. The molecule has 13 heavy (non-hydrogen) atoms. The maximum atomic E-state index is 9.24. The first-order chi connectivity index (χ1) is 6.29. The number of nitrogens with two attached hydrogens (primary N) is 1. The van der Waals surface area contributed by atoms with Crippen LogP contribution in [0.1, 0.15) is 0 Å². The first kappa shape index (κ1) is 7.89. The number of benzene rings is 2. The van der Waals surface area contributed by atoms with Crippen molar-refractivity contribution >= 4 is 16.5 Å². The summed E-state index contributed by atoms with van der Waals surface area (Å²) < 4.78 is 0. The second-order valence-electron chi connectivity index (χ2n) is 2.89. The van der Waals surface area contributed by atoms with Gasteiger partial charge >= 0.3 is 0 Å². The zero-order valence-electron chi connectivity index (χ0n) is 6.99. The van der Waals surface area contributed by atoms with Crippen molar-refractivity contribution in [2.75, 3.05) is 5.43 Å². The topological polar surface area (TPSA) is 58.3 Å². The standard InChI is InChI=1S/C10H10N2O/c11-12-9-3-1-7-2-4-10(13)6-8(7)5-9/h1-6,12-13H,11H2. The van der Waals surface area contributed by atoms with Crippen molar-refractivity contribution in [1.82, 2.24) is 0 Å². The van der Waals surface area contributed by atoms with E-state index in [0.29, 0.717) is 0 Å². The Morgan fingerprint density at radius 2 is 1.77 bits per heavy atom. The highest BCUT2D eigenvalue weighted by Gasteiger charge is 1.95. The van der Waals surface area contributed by atoms with Gasteiger partial charge in [-0.15, -0.1) is 0 Å². The molecule has 66 valence electrons. The summed E-state index contributed by atoms with van der Waals surface area (Å²) in [6, 6.07) is 11.0. The Labute approximate surface area is 75.8 Å². The Morgan fingerprint density at radius 3 is 2.54 bits per heavy atom. The zero-order chi connectivity index (χ0) is 9.26. The van der Waals surface area contributed by atoms with E-state index in [0.717, 1.165) is 16.5 Å². The number of rotatable bonds is 1. The summed E-state index contributed by atoms with van der Waals surface area (Å²) in [7, 11) is 0. The van der Waals surface area contributed by atoms with E-state index in [4.69, 9.17) is 5.84 Å². The second-order valence-corrected chi connectivity index (χ2v) is 2.89. The van der Waals surface area contributed by atoms with Crippen LogP contribution in [-0.4, -0.2) is 5.11 Å². The molecule has 0 aliphatic rings. The van der Waals surface area contributed by atoms with Crippen molar-refractivity contribution in [3.63, 3.8) is 0 Å². The minimum Gasteiger partial charge on any atom is -0.508 e. The number of hydrogen-bond donors (Lipinski definition) is 3. The van der Waals surface area contributed by atoms with E-state index >= 15 is 0 Å². The van der Waals surface area contributed by atoms with E-state index in [-0.39, 0.29) is 5.75 Å². The first-order valence-electron chi connectivity index (χ1n) is 3.99. The summed E-state index contributed by atoms with van der Waals surface area (Å²) in [5.74, 6) is 5.53. The molecule has 2 rings (SSSR count). The van der Waals surface area contributed by atoms with Crippen molar-refractivity contribution in [2.45, 2.75) is 0 Å². The quantitative estimate of drug-likeness (QED) is 0.456. The van der Waals surface area contributed by atoms with Crippen LogP contribution in [0, 0.1) is 0 Å². The van der Waals surface area contributed by atoms with E-state index in [1.165, 1.54) is 0 Å². The van der Waals surface area contributed by atoms with E-state index < -0.39 is 0 Å². The van der Waals surface area contributed by atoms with Crippen molar-refractivity contribution in [3.05, 3.63) is 36.4 Å². The van der Waals surface area contributed by atoms with Crippen molar-refractivity contribution in [2.24, 2.45) is 5.84 Å². The van der Waals surface area contributed by atoms with Crippen molar-refractivity contribution in [3.8, 4) is 5.75 Å². The monoisotopic (exact) mass is 174 g/mol. The van der Waals surface area contributed by atoms with Gasteiger partial charge in [0.25, 0.3) is 0 Å². The molecule has 0 heterocycles. The van der Waals surface area contributed by atoms with Crippen LogP contribution < -0.4 is 11.3 Å². The third-order valence-corrected chi connectivity index (χ3v) is 1.99. The highest BCUT2D eigenvalue weighted by Crippen LogP contribution is 2.22. The zero-order valence-corrected chi connectivity index (χ0v) is 6.99. The van der Waals surface area contributed by atoms with E-state index in [2.05, 4.69) is 5.43 Å². The highest BCUT2D eigenvalue weighted by atomic mass is 16.3. The Hall–Kier alpha value is -1.74. The van der Waals surface area contributed by atoms with Crippen LogP contribution in [0.3, 0.4) is 0 Å². The summed E-state index contributed by atoms with van der Waals surface area (Å²) in [5, 5.41) is 11.3. The fraction of sp³-hybridized carbons (Fsp3) is 0. The average molecular weight is 174 g/mol. The molecule has 0 bridgehead atoms. The molecule has 3 heteroatoms. The minimum atomic E-state index is 0.265. The predicted octanol–water partition coefficient (Wildman–Crippen LogP) is 1.83. The molecule has 0 radical (unpaired) electrons. The normalized spacial score (nSPS) is 10.2. The lowest BCUT2D eigenvalue weighted by molar-refractivity contribution is 0.476. The second kappa shape index (κ2) is 2.95. The molecule has 0 aromatic heterocycles. The molecule has 0 aliphatic heterocycles. The van der Waals surface area contributed by atoms with Gasteiger partial charge in [0.05, 0.1) is 0 Å². The maximum Gasteiger partial charge on any atom is 0.116 e. The number of hydrazine groups is 1. The van der Waals surface area contributed by atoms with Gasteiger partial charge in [0, 0.05) is 5.69 Å². The first-order valence-corrected chi connectivity index (χ1v) is 3.99. The third-order valence-electron chi connectivity index (χ3n) is 1.99. The van der Waals surface area contributed by atoms with Crippen LogP contribution in [0.4, 0.5) is 5.69 Å². The lowest BCUT2D eigenvalue weighted by atomic mass is 10.1. The van der Waals surface area contributed by atoms with Gasteiger partial charge in [-0.1, -0.05) is 12.1 Å². The summed E-state index contributed by atoms with van der Waals surface area (Å²) in [4.78, 5) is 0. The predicted molar refractivity (Wildman–Crippen MR) is 53.4 cm³/mol. The van der Waals surface area contributed by atoms with Crippen LogP contribution in [0.15, 0.2) is 36.4 Å². The van der Waals surface area contributed by atoms with Crippen LogP contribution in [0.2, 0.25) is 0 Å². The molecule has 2 aromatic carbocycles. The molecule has 0 saturated carbocycles. The molecule has 0 atom stereocenters. The largest absolute Gasteiger partial charge is 0.508 e. The number of nitrogen functional groups attached to an aromatic ring is 1. The van der Waals surface area contributed by atoms with Gasteiger partial charge in [0.2, 0.25) is 0 Å². The summed E-state index contributed by atoms with van der Waals surface area (Å²) in [6.45, 7) is 0. The highest BCUT2D eigenvalue weighted by molar-refractivity contribution is 5.86.